The summed E-state index contributed by atoms with van der Waals surface area (Å²) in [4.78, 5) is 11.4. The highest BCUT2D eigenvalue weighted by atomic mass is 32.1. The highest BCUT2D eigenvalue weighted by Gasteiger charge is 2.17. The quantitative estimate of drug-likeness (QED) is 0.673. The Labute approximate surface area is 127 Å². The van der Waals surface area contributed by atoms with Crippen molar-refractivity contribution in [2.24, 2.45) is 5.73 Å². The molecule has 1 atom stereocenters. The minimum atomic E-state index is -1.28. The summed E-state index contributed by atoms with van der Waals surface area (Å²) in [5.41, 5.74) is 8.02. The van der Waals surface area contributed by atoms with E-state index < -0.39 is 17.8 Å². The van der Waals surface area contributed by atoms with E-state index in [1.54, 1.807) is 0 Å². The number of aliphatic carboxylic acids is 1. The summed E-state index contributed by atoms with van der Waals surface area (Å²) in [6.45, 7) is 1.96. The molecule has 0 bridgehead atoms. The lowest BCUT2D eigenvalue weighted by molar-refractivity contribution is -0.138. The molecule has 0 saturated heterocycles. The van der Waals surface area contributed by atoms with Crippen LogP contribution in [-0.2, 0) is 4.79 Å². The molecule has 0 fully saturated rings. The number of hydrogen-bond donors (Lipinski definition) is 2. The first-order chi connectivity index (χ1) is 9.88. The molecule has 0 aliphatic rings. The van der Waals surface area contributed by atoms with Crippen molar-refractivity contribution in [2.75, 3.05) is 0 Å². The average molecular weight is 303 g/mol. The first-order valence-corrected chi connectivity index (χ1v) is 6.69. The van der Waals surface area contributed by atoms with Gasteiger partial charge in [-0.1, -0.05) is 42.0 Å². The lowest BCUT2D eigenvalue weighted by Gasteiger charge is -2.11. The van der Waals surface area contributed by atoms with E-state index in [0.717, 1.165) is 17.2 Å². The minimum absolute atomic E-state index is 0.187. The summed E-state index contributed by atoms with van der Waals surface area (Å²) in [7, 11) is 0. The van der Waals surface area contributed by atoms with Gasteiger partial charge in [-0.15, -0.1) is 0 Å². The number of halogens is 1. The molecule has 0 aromatic heterocycles. The van der Waals surface area contributed by atoms with Crippen LogP contribution in [0.3, 0.4) is 0 Å². The fourth-order valence-electron chi connectivity index (χ4n) is 1.94. The summed E-state index contributed by atoms with van der Waals surface area (Å²) in [5, 5.41) is 8.92. The van der Waals surface area contributed by atoms with Gasteiger partial charge in [-0.3, -0.25) is 4.79 Å². The van der Waals surface area contributed by atoms with Crippen molar-refractivity contribution in [3.05, 3.63) is 70.5 Å². The van der Waals surface area contributed by atoms with Crippen LogP contribution in [0.2, 0.25) is 0 Å². The first-order valence-electron chi connectivity index (χ1n) is 6.28. The number of nitrogens with two attached hydrogens (primary N) is 1. The standard InChI is InChI=1S/C16H14FNO2S/c1-9-2-4-10(5-3-9)15(21)12-6-11(7-13(17)8-12)14(18)16(19)20/h2-8,14H,18H2,1H3,(H,19,20). The maximum absolute atomic E-state index is 13.7. The second kappa shape index (κ2) is 6.11. The zero-order valence-electron chi connectivity index (χ0n) is 11.3. The van der Waals surface area contributed by atoms with Crippen LogP contribution < -0.4 is 5.73 Å². The van der Waals surface area contributed by atoms with Crippen molar-refractivity contribution in [1.29, 1.82) is 0 Å². The zero-order valence-corrected chi connectivity index (χ0v) is 12.2. The Morgan fingerprint density at radius 2 is 1.81 bits per heavy atom. The Kier molecular flexibility index (Phi) is 4.45. The van der Waals surface area contributed by atoms with Gasteiger partial charge in [-0.05, 0) is 41.8 Å². The molecule has 3 nitrogen and oxygen atoms in total. The fraction of sp³-hybridized carbons (Fsp3) is 0.125. The molecular weight excluding hydrogens is 289 g/mol. The van der Waals surface area contributed by atoms with Gasteiger partial charge in [0.25, 0.3) is 0 Å². The zero-order chi connectivity index (χ0) is 15.6. The lowest BCUT2D eigenvalue weighted by atomic mass is 9.99. The molecule has 0 heterocycles. The number of aryl methyl sites for hydroxylation is 1. The molecule has 1 unspecified atom stereocenters. The summed E-state index contributed by atoms with van der Waals surface area (Å²) in [5.74, 6) is -1.78. The van der Waals surface area contributed by atoms with Crippen LogP contribution in [0, 0.1) is 12.7 Å². The monoisotopic (exact) mass is 303 g/mol. The molecule has 3 N–H and O–H groups in total. The predicted octanol–water partition coefficient (Wildman–Crippen LogP) is 2.98. The number of rotatable bonds is 4. The van der Waals surface area contributed by atoms with Gasteiger partial charge < -0.3 is 10.8 Å². The van der Waals surface area contributed by atoms with Crippen molar-refractivity contribution < 1.29 is 14.3 Å². The molecule has 2 rings (SSSR count). The van der Waals surface area contributed by atoms with Gasteiger partial charge in [0, 0.05) is 0 Å². The van der Waals surface area contributed by atoms with Gasteiger partial charge in [-0.25, -0.2) is 4.39 Å². The Balaban J connectivity index is 2.42. The van der Waals surface area contributed by atoms with Crippen molar-refractivity contribution in [3.8, 4) is 0 Å². The fourth-order valence-corrected chi connectivity index (χ4v) is 2.19. The van der Waals surface area contributed by atoms with E-state index in [0.29, 0.717) is 10.4 Å². The number of carbonyl (C=O) groups is 1. The van der Waals surface area contributed by atoms with Gasteiger partial charge in [0.05, 0.1) is 4.86 Å². The molecule has 2 aromatic carbocycles. The average Bonchev–Trinajstić information content (AvgIpc) is 2.45. The molecule has 0 radical (unpaired) electrons. The third kappa shape index (κ3) is 3.51. The largest absolute Gasteiger partial charge is 0.480 e. The molecule has 0 amide bonds. The molecule has 0 saturated carbocycles. The maximum Gasteiger partial charge on any atom is 0.325 e. The van der Waals surface area contributed by atoms with Crippen molar-refractivity contribution in [1.82, 2.24) is 0 Å². The van der Waals surface area contributed by atoms with Crippen LogP contribution >= 0.6 is 12.2 Å². The van der Waals surface area contributed by atoms with E-state index >= 15 is 0 Å². The topological polar surface area (TPSA) is 63.3 Å². The summed E-state index contributed by atoms with van der Waals surface area (Å²) in [6, 6.07) is 10.1. The normalized spacial score (nSPS) is 12.0. The summed E-state index contributed by atoms with van der Waals surface area (Å²) >= 11 is 5.35. The number of carboxylic acid groups (broad SMARTS) is 1. The number of hydrogen-bond acceptors (Lipinski definition) is 3. The Hall–Kier alpha value is -2.11. The second-order valence-electron chi connectivity index (χ2n) is 4.78. The first kappa shape index (κ1) is 15.3. The van der Waals surface area contributed by atoms with Gasteiger partial charge in [-0.2, -0.15) is 0 Å². The second-order valence-corrected chi connectivity index (χ2v) is 5.19. The third-order valence-corrected chi connectivity index (χ3v) is 3.59. The van der Waals surface area contributed by atoms with Crippen LogP contribution in [0.15, 0.2) is 42.5 Å². The lowest BCUT2D eigenvalue weighted by Crippen LogP contribution is -2.21. The SMILES string of the molecule is Cc1ccc(C(=S)c2cc(F)cc(C(N)C(=O)O)c2)cc1. The van der Waals surface area contributed by atoms with Crippen LogP contribution in [0.1, 0.15) is 28.3 Å². The molecule has 2 aromatic rings. The highest BCUT2D eigenvalue weighted by molar-refractivity contribution is 7.81. The molecule has 0 spiro atoms. The van der Waals surface area contributed by atoms with Gasteiger partial charge in [0.1, 0.15) is 11.9 Å². The van der Waals surface area contributed by atoms with Crippen LogP contribution in [0.25, 0.3) is 0 Å². The molecule has 5 heteroatoms. The van der Waals surface area contributed by atoms with Gasteiger partial charge in [0.15, 0.2) is 0 Å². The van der Waals surface area contributed by atoms with E-state index in [9.17, 15) is 9.18 Å². The number of thiocarbonyl (C=S) groups is 1. The molecular formula is C16H14FNO2S. The van der Waals surface area contributed by atoms with Crippen molar-refractivity contribution in [3.63, 3.8) is 0 Å². The maximum atomic E-state index is 13.7. The summed E-state index contributed by atoms with van der Waals surface area (Å²) < 4.78 is 13.7. The van der Waals surface area contributed by atoms with E-state index in [4.69, 9.17) is 23.1 Å². The molecule has 0 aliphatic carbocycles. The molecule has 108 valence electrons. The Bertz CT molecular complexity index is 698. The Morgan fingerprint density at radius 3 is 2.38 bits per heavy atom. The number of benzene rings is 2. The van der Waals surface area contributed by atoms with Gasteiger partial charge >= 0.3 is 5.97 Å². The van der Waals surface area contributed by atoms with Crippen LogP contribution in [0.4, 0.5) is 4.39 Å². The summed E-state index contributed by atoms with van der Waals surface area (Å²) in [6.07, 6.45) is 0. The third-order valence-electron chi connectivity index (χ3n) is 3.12. The molecule has 0 aliphatic heterocycles. The van der Waals surface area contributed by atoms with Crippen LogP contribution in [-0.4, -0.2) is 15.9 Å². The number of carboxylic acids is 1. The van der Waals surface area contributed by atoms with E-state index in [-0.39, 0.29) is 5.56 Å². The predicted molar refractivity (Wildman–Crippen MR) is 82.9 cm³/mol. The highest BCUT2D eigenvalue weighted by Crippen LogP contribution is 2.19. The van der Waals surface area contributed by atoms with E-state index in [1.165, 1.54) is 12.1 Å². The van der Waals surface area contributed by atoms with Crippen LogP contribution in [0.5, 0.6) is 0 Å². The van der Waals surface area contributed by atoms with Gasteiger partial charge in [0.2, 0.25) is 0 Å². The van der Waals surface area contributed by atoms with E-state index in [1.807, 2.05) is 31.2 Å². The smallest absolute Gasteiger partial charge is 0.325 e. The minimum Gasteiger partial charge on any atom is -0.480 e. The van der Waals surface area contributed by atoms with Crippen molar-refractivity contribution in [2.45, 2.75) is 13.0 Å². The van der Waals surface area contributed by atoms with Crippen molar-refractivity contribution >= 4 is 23.1 Å². The van der Waals surface area contributed by atoms with E-state index in [2.05, 4.69) is 0 Å². The Morgan fingerprint density at radius 1 is 1.19 bits per heavy atom. The molecule has 21 heavy (non-hydrogen) atoms.